The van der Waals surface area contributed by atoms with Crippen molar-refractivity contribution in [3.05, 3.63) is 59.7 Å². The zero-order valence-corrected chi connectivity index (χ0v) is 16.7. The molecule has 0 bridgehead atoms. The van der Waals surface area contributed by atoms with E-state index < -0.39 is 0 Å². The third-order valence-electron chi connectivity index (χ3n) is 4.53. The van der Waals surface area contributed by atoms with Gasteiger partial charge in [-0.05, 0) is 44.0 Å². The lowest BCUT2D eigenvalue weighted by Crippen LogP contribution is -2.31. The number of hydrogen-bond acceptors (Lipinski definition) is 3. The second-order valence-corrected chi connectivity index (χ2v) is 6.64. The highest BCUT2D eigenvalue weighted by molar-refractivity contribution is 6.02. The first kappa shape index (κ1) is 20.5. The molecule has 0 radical (unpaired) electrons. The summed E-state index contributed by atoms with van der Waals surface area (Å²) >= 11 is 0. The summed E-state index contributed by atoms with van der Waals surface area (Å²) in [5, 5.41) is 2.92. The largest absolute Gasteiger partial charge is 0.377 e. The number of benzene rings is 2. The zero-order valence-electron chi connectivity index (χ0n) is 16.7. The highest BCUT2D eigenvalue weighted by Gasteiger charge is 2.18. The number of aryl methyl sites for hydroxylation is 1. The maximum Gasteiger partial charge on any atom is 0.256 e. The second-order valence-electron chi connectivity index (χ2n) is 6.64. The lowest BCUT2D eigenvalue weighted by Gasteiger charge is -2.23. The van der Waals surface area contributed by atoms with Crippen LogP contribution in [0.25, 0.3) is 0 Å². The van der Waals surface area contributed by atoms with Gasteiger partial charge in [-0.25, -0.2) is 0 Å². The number of nitrogens with zero attached hydrogens (tertiary/aromatic N) is 2. The Morgan fingerprint density at radius 1 is 0.963 bits per heavy atom. The second kappa shape index (κ2) is 9.76. The Balaban J connectivity index is 2.14. The lowest BCUT2D eigenvalue weighted by molar-refractivity contribution is -0.116. The van der Waals surface area contributed by atoms with Gasteiger partial charge in [-0.3, -0.25) is 9.59 Å². The molecule has 27 heavy (non-hydrogen) atoms. The minimum absolute atomic E-state index is 0.0240. The monoisotopic (exact) mass is 367 g/mol. The van der Waals surface area contributed by atoms with Crippen molar-refractivity contribution >= 4 is 23.2 Å². The summed E-state index contributed by atoms with van der Waals surface area (Å²) in [6.45, 7) is 5.23. The van der Waals surface area contributed by atoms with Gasteiger partial charge in [0.2, 0.25) is 5.91 Å². The number of anilines is 2. The molecule has 2 rings (SSSR count). The first-order valence-corrected chi connectivity index (χ1v) is 9.40. The average Bonchev–Trinajstić information content (AvgIpc) is 2.67. The van der Waals surface area contributed by atoms with E-state index in [0.29, 0.717) is 37.2 Å². The van der Waals surface area contributed by atoms with Crippen LogP contribution in [-0.4, -0.2) is 43.9 Å². The van der Waals surface area contributed by atoms with Crippen molar-refractivity contribution in [2.45, 2.75) is 26.7 Å². The Morgan fingerprint density at radius 2 is 1.63 bits per heavy atom. The van der Waals surface area contributed by atoms with E-state index in [4.69, 9.17) is 0 Å². The van der Waals surface area contributed by atoms with Crippen LogP contribution in [0.2, 0.25) is 0 Å². The SMILES string of the molecule is CCN(CC)C(=O)c1cc(NC(=O)CCc2ccccc2)ccc1N(C)C. The fraction of sp³-hybridized carbons (Fsp3) is 0.364. The standard InChI is InChI=1S/C22H29N3O2/c1-5-25(6-2)22(27)19-16-18(13-14-20(19)24(3)4)23-21(26)15-12-17-10-8-7-9-11-17/h7-11,13-14,16H,5-6,12,15H2,1-4H3,(H,23,26). The number of amides is 2. The zero-order chi connectivity index (χ0) is 19.8. The van der Waals surface area contributed by atoms with Crippen LogP contribution in [0.4, 0.5) is 11.4 Å². The maximum atomic E-state index is 12.9. The number of rotatable bonds is 8. The molecule has 0 aliphatic rings. The van der Waals surface area contributed by atoms with Crippen LogP contribution in [0.1, 0.15) is 36.2 Å². The van der Waals surface area contributed by atoms with Crippen LogP contribution in [0.5, 0.6) is 0 Å². The van der Waals surface area contributed by atoms with E-state index in [1.807, 2.05) is 75.3 Å². The Hall–Kier alpha value is -2.82. The van der Waals surface area contributed by atoms with Gasteiger partial charge >= 0.3 is 0 Å². The number of hydrogen-bond donors (Lipinski definition) is 1. The molecule has 0 aliphatic heterocycles. The minimum Gasteiger partial charge on any atom is -0.377 e. The van der Waals surface area contributed by atoms with Crippen molar-refractivity contribution in [1.29, 1.82) is 0 Å². The molecule has 1 N–H and O–H groups in total. The molecule has 0 atom stereocenters. The molecule has 0 aromatic heterocycles. The molecule has 0 unspecified atom stereocenters. The molecule has 0 saturated heterocycles. The van der Waals surface area contributed by atoms with E-state index in [1.54, 1.807) is 11.0 Å². The summed E-state index contributed by atoms with van der Waals surface area (Å²) < 4.78 is 0. The number of carbonyl (C=O) groups excluding carboxylic acids is 2. The summed E-state index contributed by atoms with van der Waals surface area (Å²) in [4.78, 5) is 28.9. The van der Waals surface area contributed by atoms with Crippen molar-refractivity contribution in [1.82, 2.24) is 4.90 Å². The molecule has 2 amide bonds. The normalized spacial score (nSPS) is 10.4. The van der Waals surface area contributed by atoms with Crippen LogP contribution >= 0.6 is 0 Å². The summed E-state index contributed by atoms with van der Waals surface area (Å²) in [5.74, 6) is -0.0817. The molecule has 5 heteroatoms. The molecule has 2 aromatic carbocycles. The third-order valence-corrected chi connectivity index (χ3v) is 4.53. The van der Waals surface area contributed by atoms with Gasteiger partial charge in [-0.15, -0.1) is 0 Å². The molecule has 0 saturated carbocycles. The van der Waals surface area contributed by atoms with E-state index in [2.05, 4.69) is 5.32 Å². The fourth-order valence-corrected chi connectivity index (χ4v) is 2.98. The van der Waals surface area contributed by atoms with Crippen molar-refractivity contribution in [3.8, 4) is 0 Å². The summed E-state index contributed by atoms with van der Waals surface area (Å²) in [7, 11) is 3.82. The van der Waals surface area contributed by atoms with Gasteiger partial charge in [0.25, 0.3) is 5.91 Å². The highest BCUT2D eigenvalue weighted by atomic mass is 16.2. The van der Waals surface area contributed by atoms with Crippen molar-refractivity contribution < 1.29 is 9.59 Å². The first-order chi connectivity index (χ1) is 13.0. The van der Waals surface area contributed by atoms with Crippen LogP contribution in [0, 0.1) is 0 Å². The smallest absolute Gasteiger partial charge is 0.256 e. The molecule has 0 heterocycles. The van der Waals surface area contributed by atoms with Crippen molar-refractivity contribution in [2.75, 3.05) is 37.4 Å². The number of carbonyl (C=O) groups is 2. The fourth-order valence-electron chi connectivity index (χ4n) is 2.98. The summed E-state index contributed by atoms with van der Waals surface area (Å²) in [6, 6.07) is 15.4. The maximum absolute atomic E-state index is 12.9. The lowest BCUT2D eigenvalue weighted by atomic mass is 10.1. The molecule has 0 fully saturated rings. The molecule has 0 aliphatic carbocycles. The molecule has 2 aromatic rings. The van der Waals surface area contributed by atoms with E-state index in [9.17, 15) is 9.59 Å². The Kier molecular flexibility index (Phi) is 7.41. The summed E-state index contributed by atoms with van der Waals surface area (Å²) in [6.07, 6.45) is 1.09. The molecular weight excluding hydrogens is 338 g/mol. The first-order valence-electron chi connectivity index (χ1n) is 9.40. The molecule has 0 spiro atoms. The highest BCUT2D eigenvalue weighted by Crippen LogP contribution is 2.24. The van der Waals surface area contributed by atoms with E-state index in [-0.39, 0.29) is 11.8 Å². The molecule has 5 nitrogen and oxygen atoms in total. The number of nitrogens with one attached hydrogen (secondary N) is 1. The van der Waals surface area contributed by atoms with E-state index in [1.165, 1.54) is 0 Å². The molecule has 144 valence electrons. The van der Waals surface area contributed by atoms with E-state index >= 15 is 0 Å². The predicted octanol–water partition coefficient (Wildman–Crippen LogP) is 3.81. The quantitative estimate of drug-likeness (QED) is 0.772. The van der Waals surface area contributed by atoms with Crippen LogP contribution in [0.3, 0.4) is 0 Å². The van der Waals surface area contributed by atoms with Gasteiger partial charge in [0.05, 0.1) is 5.56 Å². The Bertz CT molecular complexity index is 768. The topological polar surface area (TPSA) is 52.7 Å². The Labute approximate surface area is 162 Å². The Morgan fingerprint density at radius 3 is 2.22 bits per heavy atom. The van der Waals surface area contributed by atoms with Gasteiger partial charge in [-0.1, -0.05) is 30.3 Å². The van der Waals surface area contributed by atoms with Gasteiger partial charge in [0.15, 0.2) is 0 Å². The van der Waals surface area contributed by atoms with Crippen molar-refractivity contribution in [2.24, 2.45) is 0 Å². The third kappa shape index (κ3) is 5.58. The summed E-state index contributed by atoms with van der Waals surface area (Å²) in [5.41, 5.74) is 3.22. The van der Waals surface area contributed by atoms with Gasteiger partial charge < -0.3 is 15.1 Å². The van der Waals surface area contributed by atoms with Crippen LogP contribution in [-0.2, 0) is 11.2 Å². The van der Waals surface area contributed by atoms with E-state index in [0.717, 1.165) is 11.3 Å². The minimum atomic E-state index is -0.0577. The van der Waals surface area contributed by atoms with Crippen LogP contribution in [0.15, 0.2) is 48.5 Å². The van der Waals surface area contributed by atoms with Crippen LogP contribution < -0.4 is 10.2 Å². The van der Waals surface area contributed by atoms with Gasteiger partial charge in [-0.2, -0.15) is 0 Å². The van der Waals surface area contributed by atoms with Gasteiger partial charge in [0, 0.05) is 45.0 Å². The molecular formula is C22H29N3O2. The average molecular weight is 367 g/mol. The predicted molar refractivity (Wildman–Crippen MR) is 111 cm³/mol. The van der Waals surface area contributed by atoms with Gasteiger partial charge in [0.1, 0.15) is 0 Å². The van der Waals surface area contributed by atoms with Crippen molar-refractivity contribution in [3.63, 3.8) is 0 Å².